The van der Waals surface area contributed by atoms with Crippen molar-refractivity contribution in [1.29, 1.82) is 0 Å². The molecule has 0 saturated heterocycles. The maximum absolute atomic E-state index is 12.4. The van der Waals surface area contributed by atoms with Gasteiger partial charge in [-0.2, -0.15) is 0 Å². The van der Waals surface area contributed by atoms with Gasteiger partial charge in [0.25, 0.3) is 5.91 Å². The lowest BCUT2D eigenvalue weighted by Crippen LogP contribution is -2.42. The van der Waals surface area contributed by atoms with Gasteiger partial charge in [-0.05, 0) is 61.6 Å². The largest absolute Gasteiger partial charge is 0.355 e. The molecule has 0 spiro atoms. The van der Waals surface area contributed by atoms with E-state index in [0.29, 0.717) is 23.0 Å². The van der Waals surface area contributed by atoms with Crippen molar-refractivity contribution in [3.05, 3.63) is 35.4 Å². The monoisotopic (exact) mass is 392 g/mol. The molecule has 2 fully saturated rings. The molecule has 2 amide bonds. The van der Waals surface area contributed by atoms with Crippen molar-refractivity contribution in [1.82, 2.24) is 10.6 Å². The lowest BCUT2D eigenvalue weighted by atomic mass is 9.84. The second kappa shape index (κ2) is 8.00. The minimum Gasteiger partial charge on any atom is -0.355 e. The number of hydrogen-bond donors (Lipinski definition) is 2. The van der Waals surface area contributed by atoms with E-state index in [4.69, 9.17) is 0 Å². The lowest BCUT2D eigenvalue weighted by Gasteiger charge is -2.28. The molecule has 7 heteroatoms. The smallest absolute Gasteiger partial charge is 0.251 e. The highest BCUT2D eigenvalue weighted by Gasteiger charge is 2.42. The minimum absolute atomic E-state index is 0.0230. The Kier molecular flexibility index (Phi) is 5.89. The van der Waals surface area contributed by atoms with Crippen LogP contribution in [0.3, 0.4) is 0 Å². The molecule has 2 saturated carbocycles. The Hall–Kier alpha value is -1.89. The predicted molar refractivity (Wildman–Crippen MR) is 104 cm³/mol. The average Bonchev–Trinajstić information content (AvgIpc) is 3.24. The number of rotatable bonds is 7. The fourth-order valence-electron chi connectivity index (χ4n) is 4.71. The first-order valence-electron chi connectivity index (χ1n) is 9.58. The van der Waals surface area contributed by atoms with Crippen molar-refractivity contribution >= 4 is 21.7 Å². The topological polar surface area (TPSA) is 92.3 Å². The van der Waals surface area contributed by atoms with Crippen LogP contribution in [0, 0.1) is 17.8 Å². The van der Waals surface area contributed by atoms with Crippen LogP contribution in [0.1, 0.15) is 48.5 Å². The van der Waals surface area contributed by atoms with Crippen LogP contribution in [0.5, 0.6) is 0 Å². The van der Waals surface area contributed by atoms with Gasteiger partial charge in [-0.3, -0.25) is 9.59 Å². The van der Waals surface area contributed by atoms with Crippen molar-refractivity contribution < 1.29 is 18.0 Å². The Morgan fingerprint density at radius 3 is 2.41 bits per heavy atom. The summed E-state index contributed by atoms with van der Waals surface area (Å²) in [6.45, 7) is 1.99. The molecule has 0 heterocycles. The SMILES string of the molecule is CNC(=O)c1ccc(CS(=O)(=O)CC(=O)NC(C)C2CC3CCC2C3)cc1. The maximum Gasteiger partial charge on any atom is 0.251 e. The third-order valence-electron chi connectivity index (χ3n) is 6.00. The molecule has 0 aliphatic heterocycles. The van der Waals surface area contributed by atoms with Crippen LogP contribution in [0.25, 0.3) is 0 Å². The number of carbonyl (C=O) groups is 2. The van der Waals surface area contributed by atoms with E-state index in [1.165, 1.54) is 26.3 Å². The third kappa shape index (κ3) is 4.89. The van der Waals surface area contributed by atoms with E-state index in [0.717, 1.165) is 12.3 Å². The van der Waals surface area contributed by atoms with Crippen molar-refractivity contribution in [2.75, 3.05) is 12.8 Å². The molecule has 2 aliphatic rings. The van der Waals surface area contributed by atoms with Gasteiger partial charge in [-0.1, -0.05) is 18.6 Å². The van der Waals surface area contributed by atoms with Gasteiger partial charge in [-0.15, -0.1) is 0 Å². The molecule has 0 aromatic heterocycles. The zero-order chi connectivity index (χ0) is 19.6. The third-order valence-corrected chi connectivity index (χ3v) is 7.48. The Labute approximate surface area is 161 Å². The molecule has 2 N–H and O–H groups in total. The van der Waals surface area contributed by atoms with Crippen LogP contribution < -0.4 is 10.6 Å². The van der Waals surface area contributed by atoms with Crippen LogP contribution in [0.4, 0.5) is 0 Å². The van der Waals surface area contributed by atoms with E-state index in [1.54, 1.807) is 24.3 Å². The van der Waals surface area contributed by atoms with Gasteiger partial charge in [0.1, 0.15) is 5.75 Å². The molecule has 4 atom stereocenters. The molecule has 148 valence electrons. The Morgan fingerprint density at radius 1 is 1.15 bits per heavy atom. The van der Waals surface area contributed by atoms with E-state index in [9.17, 15) is 18.0 Å². The molecule has 1 aromatic rings. The number of fused-ring (bicyclic) bond motifs is 2. The molecule has 4 unspecified atom stereocenters. The van der Waals surface area contributed by atoms with E-state index in [-0.39, 0.29) is 17.7 Å². The van der Waals surface area contributed by atoms with Gasteiger partial charge in [0.15, 0.2) is 9.84 Å². The first-order chi connectivity index (χ1) is 12.8. The zero-order valence-corrected chi connectivity index (χ0v) is 16.7. The summed E-state index contributed by atoms with van der Waals surface area (Å²) in [5.74, 6) is 0.589. The van der Waals surface area contributed by atoms with Crippen LogP contribution in [-0.2, 0) is 20.4 Å². The predicted octanol–water partition coefficient (Wildman–Crippen LogP) is 1.90. The van der Waals surface area contributed by atoms with Gasteiger partial charge in [0, 0.05) is 18.7 Å². The standard InChI is InChI=1S/C20H28N2O4S/c1-13(18-10-15-5-8-17(18)9-15)22-19(23)12-27(25,26)11-14-3-6-16(7-4-14)20(24)21-2/h3-4,6-7,13,15,17-18H,5,8-12H2,1-2H3,(H,21,24)(H,22,23). The Morgan fingerprint density at radius 2 is 1.85 bits per heavy atom. The number of benzene rings is 1. The Bertz CT molecular complexity index is 804. The molecule has 6 nitrogen and oxygen atoms in total. The van der Waals surface area contributed by atoms with E-state index >= 15 is 0 Å². The second-order valence-electron chi connectivity index (χ2n) is 8.00. The summed E-state index contributed by atoms with van der Waals surface area (Å²) in [5, 5.41) is 5.43. The van der Waals surface area contributed by atoms with Gasteiger partial charge >= 0.3 is 0 Å². The summed E-state index contributed by atoms with van der Waals surface area (Å²) in [6.07, 6.45) is 4.95. The molecular formula is C20H28N2O4S. The molecule has 1 aromatic carbocycles. The highest BCUT2D eigenvalue weighted by atomic mass is 32.2. The number of hydrogen-bond acceptors (Lipinski definition) is 4. The van der Waals surface area contributed by atoms with Crippen LogP contribution in [0.2, 0.25) is 0 Å². The zero-order valence-electron chi connectivity index (χ0n) is 15.9. The Balaban J connectivity index is 1.52. The van der Waals surface area contributed by atoms with Crippen LogP contribution in [0.15, 0.2) is 24.3 Å². The summed E-state index contributed by atoms with van der Waals surface area (Å²) in [4.78, 5) is 23.8. The van der Waals surface area contributed by atoms with Gasteiger partial charge in [0.05, 0.1) is 5.75 Å². The fourth-order valence-corrected chi connectivity index (χ4v) is 6.00. The molecule has 2 aliphatic carbocycles. The lowest BCUT2D eigenvalue weighted by molar-refractivity contribution is -0.119. The van der Waals surface area contributed by atoms with Crippen molar-refractivity contribution in [3.63, 3.8) is 0 Å². The number of nitrogens with one attached hydrogen (secondary N) is 2. The fraction of sp³-hybridized carbons (Fsp3) is 0.600. The average molecular weight is 393 g/mol. The number of carbonyl (C=O) groups excluding carboxylic acids is 2. The van der Waals surface area contributed by atoms with Gasteiger partial charge < -0.3 is 10.6 Å². The molecular weight excluding hydrogens is 364 g/mol. The highest BCUT2D eigenvalue weighted by Crippen LogP contribution is 2.49. The molecule has 0 radical (unpaired) electrons. The highest BCUT2D eigenvalue weighted by molar-refractivity contribution is 7.91. The van der Waals surface area contributed by atoms with Crippen molar-refractivity contribution in [2.24, 2.45) is 17.8 Å². The first-order valence-corrected chi connectivity index (χ1v) is 11.4. The summed E-state index contributed by atoms with van der Waals surface area (Å²) in [6, 6.07) is 6.41. The van der Waals surface area contributed by atoms with E-state index in [1.807, 2.05) is 6.92 Å². The normalized spacial score (nSPS) is 25.2. The summed E-state index contributed by atoms with van der Waals surface area (Å²) < 4.78 is 24.8. The summed E-state index contributed by atoms with van der Waals surface area (Å²) >= 11 is 0. The van der Waals surface area contributed by atoms with Crippen LogP contribution >= 0.6 is 0 Å². The van der Waals surface area contributed by atoms with Crippen molar-refractivity contribution in [2.45, 2.75) is 44.4 Å². The molecule has 3 rings (SSSR count). The molecule has 27 heavy (non-hydrogen) atoms. The van der Waals surface area contributed by atoms with Crippen molar-refractivity contribution in [3.8, 4) is 0 Å². The number of sulfone groups is 1. The maximum atomic E-state index is 12.4. The van der Waals surface area contributed by atoms with E-state index in [2.05, 4.69) is 10.6 Å². The molecule has 2 bridgehead atoms. The first kappa shape index (κ1) is 19.9. The second-order valence-corrected chi connectivity index (χ2v) is 10.1. The van der Waals surface area contributed by atoms with Gasteiger partial charge in [-0.25, -0.2) is 8.42 Å². The van der Waals surface area contributed by atoms with Crippen LogP contribution in [-0.4, -0.2) is 39.1 Å². The number of amides is 2. The van der Waals surface area contributed by atoms with Gasteiger partial charge in [0.2, 0.25) is 5.91 Å². The van der Waals surface area contributed by atoms with E-state index < -0.39 is 21.5 Å². The quantitative estimate of drug-likeness (QED) is 0.741. The summed E-state index contributed by atoms with van der Waals surface area (Å²) in [7, 11) is -2.03. The summed E-state index contributed by atoms with van der Waals surface area (Å²) in [5.41, 5.74) is 1.03. The minimum atomic E-state index is -3.56.